The van der Waals surface area contributed by atoms with Crippen molar-refractivity contribution in [1.29, 1.82) is 0 Å². The molecule has 0 radical (unpaired) electrons. The zero-order valence-corrected chi connectivity index (χ0v) is 17.4. The van der Waals surface area contributed by atoms with Crippen LogP contribution in [0.4, 0.5) is 0 Å². The predicted molar refractivity (Wildman–Crippen MR) is 109 cm³/mol. The van der Waals surface area contributed by atoms with Crippen molar-refractivity contribution >= 4 is 10.0 Å². The minimum absolute atomic E-state index is 0.236. The lowest BCUT2D eigenvalue weighted by Gasteiger charge is -2.17. The Morgan fingerprint density at radius 1 is 1.04 bits per heavy atom. The lowest BCUT2D eigenvalue weighted by molar-refractivity contribution is 0.458. The highest BCUT2D eigenvalue weighted by Crippen LogP contribution is 2.25. The third-order valence-corrected chi connectivity index (χ3v) is 6.77. The molecule has 0 saturated heterocycles. The van der Waals surface area contributed by atoms with Crippen molar-refractivity contribution in [2.45, 2.75) is 38.5 Å². The van der Waals surface area contributed by atoms with Crippen LogP contribution in [0.15, 0.2) is 47.4 Å². The number of hydrogen-bond acceptors (Lipinski definition) is 5. The smallest absolute Gasteiger partial charge is 0.216 e. The van der Waals surface area contributed by atoms with E-state index in [4.69, 9.17) is 0 Å². The fourth-order valence-electron chi connectivity index (χ4n) is 3.08. The third kappa shape index (κ3) is 3.83. The Hall–Kier alpha value is -2.58. The van der Waals surface area contributed by atoms with Crippen molar-refractivity contribution < 1.29 is 8.42 Å². The Balaban J connectivity index is 1.96. The van der Waals surface area contributed by atoms with Gasteiger partial charge in [0, 0.05) is 19.2 Å². The van der Waals surface area contributed by atoms with Gasteiger partial charge in [0.05, 0.1) is 17.1 Å². The maximum absolute atomic E-state index is 13.0. The predicted octanol–water partition coefficient (Wildman–Crippen LogP) is 3.37. The molecule has 2 aromatic heterocycles. The van der Waals surface area contributed by atoms with Gasteiger partial charge in [-0.2, -0.15) is 5.10 Å². The Morgan fingerprint density at radius 3 is 2.36 bits per heavy atom. The van der Waals surface area contributed by atoms with Gasteiger partial charge in [-0.05, 0) is 32.4 Å². The Kier molecular flexibility index (Phi) is 5.90. The molecule has 0 fully saturated rings. The highest BCUT2D eigenvalue weighted by atomic mass is 32.2. The quantitative estimate of drug-likeness (QED) is 0.608. The largest absolute Gasteiger partial charge is 0.246 e. The maximum atomic E-state index is 13.0. The van der Waals surface area contributed by atoms with E-state index in [-0.39, 0.29) is 4.90 Å². The minimum atomic E-state index is -3.61. The number of rotatable bonds is 7. The molecular weight excluding hydrogens is 374 g/mol. The van der Waals surface area contributed by atoms with Gasteiger partial charge in [0.15, 0.2) is 5.82 Å². The van der Waals surface area contributed by atoms with Gasteiger partial charge in [-0.15, -0.1) is 10.2 Å². The number of hydrogen-bond donors (Lipinski definition) is 0. The molecule has 0 aliphatic heterocycles. The topological polar surface area (TPSA) is 81.0 Å². The summed E-state index contributed by atoms with van der Waals surface area (Å²) in [6.45, 7) is 5.96. The van der Waals surface area contributed by atoms with Crippen LogP contribution in [0.3, 0.4) is 0 Å². The summed E-state index contributed by atoms with van der Waals surface area (Å²) in [6.07, 6.45) is 1.74. The monoisotopic (exact) mass is 399 g/mol. The van der Waals surface area contributed by atoms with E-state index in [2.05, 4.69) is 15.3 Å². The summed E-state index contributed by atoms with van der Waals surface area (Å²) < 4.78 is 28.9. The van der Waals surface area contributed by atoms with Crippen LogP contribution >= 0.6 is 0 Å². The molecule has 8 heteroatoms. The van der Waals surface area contributed by atoms with Crippen molar-refractivity contribution in [1.82, 2.24) is 24.3 Å². The first kappa shape index (κ1) is 20.2. The summed E-state index contributed by atoms with van der Waals surface area (Å²) in [5.74, 6) is 0.484. The van der Waals surface area contributed by atoms with Crippen molar-refractivity contribution in [2.75, 3.05) is 13.6 Å². The van der Waals surface area contributed by atoms with Crippen molar-refractivity contribution in [3.8, 4) is 17.1 Å². The lowest BCUT2D eigenvalue weighted by atomic mass is 10.1. The molecule has 2 heterocycles. The average molecular weight is 400 g/mol. The van der Waals surface area contributed by atoms with Gasteiger partial charge < -0.3 is 0 Å². The van der Waals surface area contributed by atoms with E-state index in [1.54, 1.807) is 27.0 Å². The Labute approximate surface area is 166 Å². The molecule has 1 aromatic carbocycles. The number of benzene rings is 1. The van der Waals surface area contributed by atoms with Crippen LogP contribution in [-0.2, 0) is 10.0 Å². The highest BCUT2D eigenvalue weighted by molar-refractivity contribution is 7.89. The molecule has 0 atom stereocenters. The van der Waals surface area contributed by atoms with Crippen LogP contribution in [0.1, 0.15) is 31.2 Å². The summed E-state index contributed by atoms with van der Waals surface area (Å²) in [5, 5.41) is 13.0. The first-order chi connectivity index (χ1) is 13.4. The van der Waals surface area contributed by atoms with Gasteiger partial charge in [0.25, 0.3) is 0 Å². The van der Waals surface area contributed by atoms with Crippen LogP contribution < -0.4 is 0 Å². The first-order valence-corrected chi connectivity index (χ1v) is 10.7. The second-order valence-corrected chi connectivity index (χ2v) is 8.72. The van der Waals surface area contributed by atoms with Crippen LogP contribution in [0.25, 0.3) is 17.1 Å². The van der Waals surface area contributed by atoms with E-state index in [1.807, 2.05) is 43.3 Å². The lowest BCUT2D eigenvalue weighted by Crippen LogP contribution is -2.28. The normalized spacial score (nSPS) is 11.9. The van der Waals surface area contributed by atoms with Gasteiger partial charge >= 0.3 is 0 Å². The van der Waals surface area contributed by atoms with Crippen molar-refractivity contribution in [3.63, 3.8) is 0 Å². The van der Waals surface area contributed by atoms with Gasteiger partial charge in [0.2, 0.25) is 10.0 Å². The molecule has 7 nitrogen and oxygen atoms in total. The van der Waals surface area contributed by atoms with Crippen LogP contribution in [0.2, 0.25) is 0 Å². The van der Waals surface area contributed by atoms with E-state index >= 15 is 0 Å². The minimum Gasteiger partial charge on any atom is -0.216 e. The SMILES string of the molecule is CCCCN(C)S(=O)(=O)c1c(C)nn(-c2ccc(-c3ccccc3)nn2)c1C. The summed E-state index contributed by atoms with van der Waals surface area (Å²) >= 11 is 0. The van der Waals surface area contributed by atoms with E-state index in [1.165, 1.54) is 8.99 Å². The molecule has 3 aromatic rings. The van der Waals surface area contributed by atoms with Crippen molar-refractivity contribution in [2.24, 2.45) is 0 Å². The van der Waals surface area contributed by atoms with Crippen LogP contribution in [0.5, 0.6) is 0 Å². The van der Waals surface area contributed by atoms with Gasteiger partial charge in [0.1, 0.15) is 4.90 Å². The number of aryl methyl sites for hydroxylation is 1. The summed E-state index contributed by atoms with van der Waals surface area (Å²) in [6, 6.07) is 13.4. The van der Waals surface area contributed by atoms with E-state index < -0.39 is 10.0 Å². The van der Waals surface area contributed by atoms with E-state index in [0.717, 1.165) is 24.1 Å². The zero-order chi connectivity index (χ0) is 20.3. The third-order valence-electron chi connectivity index (χ3n) is 4.66. The van der Waals surface area contributed by atoms with Gasteiger partial charge in [-0.1, -0.05) is 43.7 Å². The molecule has 0 unspecified atom stereocenters. The summed E-state index contributed by atoms with van der Waals surface area (Å²) in [5.41, 5.74) is 2.70. The standard InChI is InChI=1S/C20H25N5O2S/c1-5-6-14-24(4)28(26,27)20-15(2)23-25(16(20)3)19-13-12-18(21-22-19)17-10-8-7-9-11-17/h7-13H,5-6,14H2,1-4H3. The molecule has 28 heavy (non-hydrogen) atoms. The van der Waals surface area contributed by atoms with Gasteiger partial charge in [-0.3, -0.25) is 0 Å². The molecule has 0 spiro atoms. The number of aromatic nitrogens is 4. The molecule has 148 valence electrons. The number of nitrogens with zero attached hydrogens (tertiary/aromatic N) is 5. The van der Waals surface area contributed by atoms with E-state index in [9.17, 15) is 8.42 Å². The maximum Gasteiger partial charge on any atom is 0.246 e. The Morgan fingerprint density at radius 2 is 1.75 bits per heavy atom. The molecule has 0 N–H and O–H groups in total. The van der Waals surface area contributed by atoms with E-state index in [0.29, 0.717) is 23.8 Å². The summed E-state index contributed by atoms with van der Waals surface area (Å²) in [4.78, 5) is 0.236. The molecule has 0 saturated carbocycles. The molecular formula is C20H25N5O2S. The zero-order valence-electron chi connectivity index (χ0n) is 16.6. The fraction of sp³-hybridized carbons (Fsp3) is 0.350. The van der Waals surface area contributed by atoms with Crippen LogP contribution in [-0.4, -0.2) is 46.3 Å². The number of sulfonamides is 1. The molecule has 0 bridgehead atoms. The molecule has 0 aliphatic rings. The first-order valence-electron chi connectivity index (χ1n) is 9.28. The molecule has 0 aliphatic carbocycles. The van der Waals surface area contributed by atoms with Crippen LogP contribution in [0, 0.1) is 13.8 Å². The second-order valence-electron chi connectivity index (χ2n) is 6.73. The Bertz CT molecular complexity index is 1040. The fourth-order valence-corrected chi connectivity index (χ4v) is 4.64. The van der Waals surface area contributed by atoms with Gasteiger partial charge in [-0.25, -0.2) is 17.4 Å². The average Bonchev–Trinajstić information content (AvgIpc) is 3.01. The highest BCUT2D eigenvalue weighted by Gasteiger charge is 2.29. The summed E-state index contributed by atoms with van der Waals surface area (Å²) in [7, 11) is -2.00. The number of unbranched alkanes of at least 4 members (excludes halogenated alkanes) is 1. The second kappa shape index (κ2) is 8.20. The molecule has 0 amide bonds. The van der Waals surface area contributed by atoms with Crippen molar-refractivity contribution in [3.05, 3.63) is 53.9 Å². The molecule has 3 rings (SSSR count).